The topological polar surface area (TPSA) is 172 Å². The molecule has 6 N–H and O–H groups in total. The second kappa shape index (κ2) is 20.2. The Labute approximate surface area is 301 Å². The first-order chi connectivity index (χ1) is 24.4. The summed E-state index contributed by atoms with van der Waals surface area (Å²) in [5, 5.41) is 18.7. The van der Waals surface area contributed by atoms with Crippen molar-refractivity contribution in [3.63, 3.8) is 0 Å². The minimum Gasteiger partial charge on any atom is -0.450 e. The van der Waals surface area contributed by atoms with E-state index in [1.807, 2.05) is 60.7 Å². The number of amides is 3. The molecule has 0 fully saturated rings. The molecular weight excluding hydrogens is 650 g/mol. The molecule has 0 aliphatic carbocycles. The van der Waals surface area contributed by atoms with E-state index in [0.717, 1.165) is 16.7 Å². The highest BCUT2D eigenvalue weighted by molar-refractivity contribution is 5.90. The minimum atomic E-state index is -1.42. The molecule has 12 nitrogen and oxygen atoms in total. The Bertz CT molecular complexity index is 1540. The van der Waals surface area contributed by atoms with Gasteiger partial charge in [-0.1, -0.05) is 113 Å². The van der Waals surface area contributed by atoms with Crippen molar-refractivity contribution in [2.75, 3.05) is 19.8 Å². The minimum absolute atomic E-state index is 0.115. The predicted molar refractivity (Wildman–Crippen MR) is 196 cm³/mol. The number of Topliss-reactive ketones (excluding diaryl/α,β-unsaturated/α-hetero) is 1. The monoisotopic (exact) mass is 703 g/mol. The van der Waals surface area contributed by atoms with Gasteiger partial charge in [0.15, 0.2) is 5.78 Å². The van der Waals surface area contributed by atoms with Crippen LogP contribution in [-0.4, -0.2) is 71.9 Å². The van der Waals surface area contributed by atoms with E-state index < -0.39 is 54.0 Å². The zero-order chi connectivity index (χ0) is 37.5. The lowest BCUT2D eigenvalue weighted by molar-refractivity contribution is -0.133. The molecule has 0 heterocycles. The smallest absolute Gasteiger partial charge is 0.407 e. The van der Waals surface area contributed by atoms with Crippen LogP contribution in [0.1, 0.15) is 58.7 Å². The molecule has 3 amide bonds. The Morgan fingerprint density at radius 3 is 1.73 bits per heavy atom. The van der Waals surface area contributed by atoms with Gasteiger partial charge in [0.1, 0.15) is 6.04 Å². The maximum absolute atomic E-state index is 14.3. The molecule has 276 valence electrons. The molecular formula is C39H53N5O7. The molecule has 5 atom stereocenters. The molecule has 3 aromatic carbocycles. The van der Waals surface area contributed by atoms with E-state index >= 15 is 0 Å². The van der Waals surface area contributed by atoms with Crippen LogP contribution < -0.4 is 21.8 Å². The van der Waals surface area contributed by atoms with E-state index in [0.29, 0.717) is 5.56 Å². The SMILES string of the molecule is CCOC(=O)N[C@H](C(=O)NN(Cc1ccc(-c2ccccc2)cc1)C[C@@H](O)[C@@H](C(=O)[C@@H](NC(=O)OCC)C(C)C)C(N)c1ccccc1)C(C)C. The summed E-state index contributed by atoms with van der Waals surface area (Å²) in [6.07, 6.45) is -2.91. The Morgan fingerprint density at radius 1 is 0.725 bits per heavy atom. The van der Waals surface area contributed by atoms with Gasteiger partial charge in [-0.25, -0.2) is 14.6 Å². The summed E-state index contributed by atoms with van der Waals surface area (Å²) in [6, 6.07) is 23.6. The number of hydrogen-bond acceptors (Lipinski definition) is 9. The summed E-state index contributed by atoms with van der Waals surface area (Å²) in [4.78, 5) is 52.8. The van der Waals surface area contributed by atoms with Gasteiger partial charge in [0.25, 0.3) is 5.91 Å². The van der Waals surface area contributed by atoms with Crippen molar-refractivity contribution in [3.05, 3.63) is 96.1 Å². The average Bonchev–Trinajstić information content (AvgIpc) is 3.10. The van der Waals surface area contributed by atoms with Crippen LogP contribution in [0.15, 0.2) is 84.9 Å². The Hall–Kier alpha value is -4.78. The summed E-state index contributed by atoms with van der Waals surface area (Å²) < 4.78 is 10.1. The number of nitrogens with two attached hydrogens (primary N) is 1. The van der Waals surface area contributed by atoms with Gasteiger partial charge < -0.3 is 30.9 Å². The fourth-order valence-corrected chi connectivity index (χ4v) is 5.76. The number of hydrazine groups is 1. The highest BCUT2D eigenvalue weighted by Gasteiger charge is 2.40. The summed E-state index contributed by atoms with van der Waals surface area (Å²) in [7, 11) is 0. The summed E-state index contributed by atoms with van der Waals surface area (Å²) in [5.74, 6) is -2.90. The van der Waals surface area contributed by atoms with Crippen LogP contribution in [0.25, 0.3) is 11.1 Å². The zero-order valence-corrected chi connectivity index (χ0v) is 30.4. The maximum atomic E-state index is 14.3. The molecule has 0 spiro atoms. The first-order valence-electron chi connectivity index (χ1n) is 17.4. The van der Waals surface area contributed by atoms with Crippen LogP contribution in [-0.2, 0) is 25.6 Å². The third-order valence-electron chi connectivity index (χ3n) is 8.44. The Balaban J connectivity index is 1.99. The third-order valence-corrected chi connectivity index (χ3v) is 8.44. The predicted octanol–water partition coefficient (Wildman–Crippen LogP) is 4.97. The molecule has 3 rings (SSSR count). The van der Waals surface area contributed by atoms with Gasteiger partial charge in [0.05, 0.1) is 31.3 Å². The van der Waals surface area contributed by atoms with Crippen LogP contribution in [0.3, 0.4) is 0 Å². The van der Waals surface area contributed by atoms with E-state index in [1.54, 1.807) is 65.8 Å². The van der Waals surface area contributed by atoms with E-state index in [-0.39, 0.29) is 38.1 Å². The molecule has 0 saturated carbocycles. The van der Waals surface area contributed by atoms with Crippen molar-refractivity contribution in [2.24, 2.45) is 23.5 Å². The summed E-state index contributed by atoms with van der Waals surface area (Å²) >= 11 is 0. The lowest BCUT2D eigenvalue weighted by Gasteiger charge is -2.35. The van der Waals surface area contributed by atoms with Crippen LogP contribution >= 0.6 is 0 Å². The fraction of sp³-hybridized carbons (Fsp3) is 0.436. The van der Waals surface area contributed by atoms with E-state index in [4.69, 9.17) is 15.2 Å². The number of nitrogens with zero attached hydrogens (tertiary/aromatic N) is 1. The van der Waals surface area contributed by atoms with Gasteiger partial charge in [0.2, 0.25) is 0 Å². The quantitative estimate of drug-likeness (QED) is 0.115. The Kier molecular flexibility index (Phi) is 16.1. The number of hydrogen-bond donors (Lipinski definition) is 5. The van der Waals surface area contributed by atoms with Crippen LogP contribution in [0.4, 0.5) is 9.59 Å². The zero-order valence-electron chi connectivity index (χ0n) is 30.4. The molecule has 1 unspecified atom stereocenters. The van der Waals surface area contributed by atoms with Crippen molar-refractivity contribution < 1.29 is 33.8 Å². The molecule has 0 saturated heterocycles. The van der Waals surface area contributed by atoms with E-state index in [2.05, 4.69) is 16.1 Å². The molecule has 3 aromatic rings. The second-order valence-electron chi connectivity index (χ2n) is 13.0. The summed E-state index contributed by atoms with van der Waals surface area (Å²) in [5.41, 5.74) is 13.1. The number of aliphatic hydroxyl groups excluding tert-OH is 1. The summed E-state index contributed by atoms with van der Waals surface area (Å²) in [6.45, 7) is 10.6. The molecule has 0 radical (unpaired) electrons. The fourth-order valence-electron chi connectivity index (χ4n) is 5.76. The van der Waals surface area contributed by atoms with Crippen molar-refractivity contribution >= 4 is 23.9 Å². The van der Waals surface area contributed by atoms with Crippen LogP contribution in [0.5, 0.6) is 0 Å². The Morgan fingerprint density at radius 2 is 1.22 bits per heavy atom. The molecule has 0 aliphatic rings. The highest BCUT2D eigenvalue weighted by Crippen LogP contribution is 2.28. The van der Waals surface area contributed by atoms with E-state index in [9.17, 15) is 24.3 Å². The maximum Gasteiger partial charge on any atom is 0.407 e. The molecule has 12 heteroatoms. The van der Waals surface area contributed by atoms with Gasteiger partial charge in [0, 0.05) is 19.1 Å². The number of aliphatic hydroxyl groups is 1. The largest absolute Gasteiger partial charge is 0.450 e. The lowest BCUT2D eigenvalue weighted by atomic mass is 9.80. The number of alkyl carbamates (subject to hydrolysis) is 2. The second-order valence-corrected chi connectivity index (χ2v) is 13.0. The van der Waals surface area contributed by atoms with Crippen molar-refractivity contribution in [1.29, 1.82) is 0 Å². The highest BCUT2D eigenvalue weighted by atomic mass is 16.6. The standard InChI is InChI=1S/C39H53N5O7/c1-7-50-38(48)41-34(25(3)4)36(46)32(33(40)30-17-13-10-14-18-30)31(45)24-44(43-37(47)35(26(5)6)42-39(49)51-8-2)23-27-19-21-29(22-20-27)28-15-11-9-12-16-28/h9-22,25-26,31-35,45H,7-8,23-24,40H2,1-6H3,(H,41,48)(H,42,49)(H,43,47)/t31-,32-,33?,34+,35+/m1/s1. The number of benzene rings is 3. The van der Waals surface area contributed by atoms with Crippen molar-refractivity contribution in [2.45, 2.75) is 72.3 Å². The first kappa shape index (κ1) is 40.6. The van der Waals surface area contributed by atoms with Gasteiger partial charge in [-0.2, -0.15) is 0 Å². The number of carbonyl (C=O) groups is 4. The van der Waals surface area contributed by atoms with Crippen LogP contribution in [0.2, 0.25) is 0 Å². The van der Waals surface area contributed by atoms with Gasteiger partial charge >= 0.3 is 12.2 Å². The number of carbonyl (C=O) groups excluding carboxylic acids is 4. The van der Waals surface area contributed by atoms with Gasteiger partial charge in [-0.15, -0.1) is 0 Å². The number of ketones is 1. The molecule has 51 heavy (non-hydrogen) atoms. The van der Waals surface area contributed by atoms with Gasteiger partial charge in [-0.05, 0) is 47.9 Å². The lowest BCUT2D eigenvalue weighted by Crippen LogP contribution is -2.57. The van der Waals surface area contributed by atoms with Crippen LogP contribution in [0, 0.1) is 17.8 Å². The number of rotatable bonds is 18. The van der Waals surface area contributed by atoms with E-state index in [1.165, 1.54) is 5.01 Å². The third kappa shape index (κ3) is 12.2. The van der Waals surface area contributed by atoms with Crippen molar-refractivity contribution in [3.8, 4) is 11.1 Å². The first-order valence-corrected chi connectivity index (χ1v) is 17.4. The van der Waals surface area contributed by atoms with Crippen molar-refractivity contribution in [1.82, 2.24) is 21.1 Å². The molecule has 0 aliphatic heterocycles. The number of nitrogens with one attached hydrogen (secondary N) is 3. The average molecular weight is 704 g/mol. The molecule has 0 bridgehead atoms. The normalized spacial score (nSPS) is 14.3. The number of ether oxygens (including phenoxy) is 2. The van der Waals surface area contributed by atoms with Gasteiger partial charge in [-0.3, -0.25) is 15.0 Å². The molecule has 0 aromatic heterocycles.